The highest BCUT2D eigenvalue weighted by molar-refractivity contribution is 7.86. The zero-order chi connectivity index (χ0) is 33.7. The largest absolute Gasteiger partial charge is 0.496 e. The third-order valence-electron chi connectivity index (χ3n) is 6.07. The minimum Gasteiger partial charge on any atom is -0.496 e. The second kappa shape index (κ2) is 13.9. The molecule has 0 aliphatic rings. The molecule has 0 bridgehead atoms. The lowest BCUT2D eigenvalue weighted by Crippen LogP contribution is -2.10. The van der Waals surface area contributed by atoms with Crippen molar-refractivity contribution >= 4 is 30.4 Å². The molecule has 0 heterocycles. The lowest BCUT2D eigenvalue weighted by molar-refractivity contribution is 0.296. The molecule has 0 N–H and O–H groups in total. The molecule has 0 atom stereocenters. The minimum atomic E-state index is -4.16. The van der Waals surface area contributed by atoms with Gasteiger partial charge in [-0.3, -0.25) is 0 Å². The summed E-state index contributed by atoms with van der Waals surface area (Å²) in [5, 5.41) is 0. The van der Waals surface area contributed by atoms with Crippen molar-refractivity contribution in [3.8, 4) is 56.8 Å². The highest BCUT2D eigenvalue weighted by Gasteiger charge is 2.28. The molecular weight excluding hydrogens is 661 g/mol. The molecule has 0 unspecified atom stereocenters. The van der Waals surface area contributed by atoms with E-state index in [1.807, 2.05) is 30.3 Å². The van der Waals surface area contributed by atoms with E-state index in [0.29, 0.717) is 11.1 Å². The van der Waals surface area contributed by atoms with Gasteiger partial charge in [-0.15, -0.1) is 0 Å². The van der Waals surface area contributed by atoms with E-state index in [2.05, 4.69) is 0 Å². The SMILES string of the molecule is CCOc1c(-c2ccc(OS(C)(=O)=O)cc2)cc(OC)c(-c2ccc(OCc3ccccc3)c(OS(C)(=O)=O)c2)c1OS(C)(=O)=O. The van der Waals surface area contributed by atoms with Gasteiger partial charge < -0.3 is 26.8 Å². The van der Waals surface area contributed by atoms with Crippen LogP contribution in [0.4, 0.5) is 0 Å². The molecule has 0 spiro atoms. The first-order chi connectivity index (χ1) is 21.6. The Kier molecular flexibility index (Phi) is 10.4. The predicted octanol–water partition coefficient (Wildman–Crippen LogP) is 5.02. The predicted molar refractivity (Wildman–Crippen MR) is 172 cm³/mol. The monoisotopic (exact) mass is 692 g/mol. The van der Waals surface area contributed by atoms with Crippen LogP contribution in [0.1, 0.15) is 12.5 Å². The molecule has 0 radical (unpaired) electrons. The molecule has 12 nitrogen and oxygen atoms in total. The van der Waals surface area contributed by atoms with Crippen molar-refractivity contribution < 1.29 is 52.0 Å². The Labute approximate surface area is 268 Å². The van der Waals surface area contributed by atoms with E-state index in [4.69, 9.17) is 26.8 Å². The minimum absolute atomic E-state index is 0.0236. The number of ether oxygens (including phenoxy) is 3. The molecule has 246 valence electrons. The quantitative estimate of drug-likeness (QED) is 0.163. The van der Waals surface area contributed by atoms with Gasteiger partial charge in [0.15, 0.2) is 23.0 Å². The summed E-state index contributed by atoms with van der Waals surface area (Å²) in [7, 11) is -10.6. The molecule has 0 saturated heterocycles. The van der Waals surface area contributed by atoms with Crippen molar-refractivity contribution in [1.82, 2.24) is 0 Å². The van der Waals surface area contributed by atoms with Crippen molar-refractivity contribution in [2.75, 3.05) is 32.5 Å². The number of hydrogen-bond acceptors (Lipinski definition) is 12. The van der Waals surface area contributed by atoms with Crippen LogP contribution in [0.5, 0.6) is 34.5 Å². The zero-order valence-corrected chi connectivity index (χ0v) is 28.0. The first-order valence-electron chi connectivity index (χ1n) is 13.5. The van der Waals surface area contributed by atoms with Gasteiger partial charge >= 0.3 is 30.4 Å². The Hall–Kier alpha value is -4.47. The first kappa shape index (κ1) is 34.4. The van der Waals surface area contributed by atoms with Crippen molar-refractivity contribution in [3.63, 3.8) is 0 Å². The van der Waals surface area contributed by atoms with Crippen molar-refractivity contribution in [2.24, 2.45) is 0 Å². The van der Waals surface area contributed by atoms with E-state index >= 15 is 0 Å². The Morgan fingerprint density at radius 1 is 0.587 bits per heavy atom. The van der Waals surface area contributed by atoms with E-state index in [-0.39, 0.29) is 58.8 Å². The number of benzene rings is 4. The molecule has 4 rings (SSSR count). The maximum absolute atomic E-state index is 12.6. The van der Waals surface area contributed by atoms with Crippen LogP contribution in [0, 0.1) is 0 Å². The molecule has 0 aliphatic carbocycles. The molecule has 4 aromatic carbocycles. The maximum atomic E-state index is 12.6. The van der Waals surface area contributed by atoms with Crippen LogP contribution in [0.25, 0.3) is 22.3 Å². The topological polar surface area (TPSA) is 158 Å². The third kappa shape index (κ3) is 9.28. The second-order valence-corrected chi connectivity index (χ2v) is 14.6. The molecular formula is C31H32O12S3. The Bertz CT molecular complexity index is 2020. The Morgan fingerprint density at radius 3 is 1.76 bits per heavy atom. The van der Waals surface area contributed by atoms with Crippen molar-refractivity contribution in [3.05, 3.63) is 84.4 Å². The Morgan fingerprint density at radius 2 is 1.20 bits per heavy atom. The van der Waals surface area contributed by atoms with Gasteiger partial charge in [0, 0.05) is 5.56 Å². The summed E-state index contributed by atoms with van der Waals surface area (Å²) in [6, 6.07) is 21.2. The average Bonchev–Trinajstić information content (AvgIpc) is 2.96. The third-order valence-corrected chi connectivity index (χ3v) is 7.51. The van der Waals surface area contributed by atoms with Crippen LogP contribution in [-0.2, 0) is 37.0 Å². The van der Waals surface area contributed by atoms with E-state index in [1.54, 1.807) is 31.2 Å². The summed E-state index contributed by atoms with van der Waals surface area (Å²) >= 11 is 0. The molecule has 4 aromatic rings. The van der Waals surface area contributed by atoms with Gasteiger partial charge in [0.1, 0.15) is 18.1 Å². The van der Waals surface area contributed by atoms with Gasteiger partial charge in [-0.1, -0.05) is 48.5 Å². The van der Waals surface area contributed by atoms with E-state index < -0.39 is 30.4 Å². The summed E-state index contributed by atoms with van der Waals surface area (Å²) in [4.78, 5) is 0. The smallest absolute Gasteiger partial charge is 0.306 e. The highest BCUT2D eigenvalue weighted by atomic mass is 32.2. The fourth-order valence-corrected chi connectivity index (χ4v) is 5.77. The zero-order valence-electron chi connectivity index (χ0n) is 25.5. The summed E-state index contributed by atoms with van der Waals surface area (Å²) in [5.74, 6) is -0.0634. The first-order valence-corrected chi connectivity index (χ1v) is 19.0. The van der Waals surface area contributed by atoms with Crippen LogP contribution >= 0.6 is 0 Å². The summed E-state index contributed by atoms with van der Waals surface area (Å²) < 4.78 is 106. The molecule has 0 aliphatic heterocycles. The fourth-order valence-electron chi connectivity index (χ4n) is 4.40. The lowest BCUT2D eigenvalue weighted by Gasteiger charge is -2.22. The van der Waals surface area contributed by atoms with Gasteiger partial charge in [0.05, 0.1) is 38.0 Å². The fraction of sp³-hybridized carbons (Fsp3) is 0.226. The summed E-state index contributed by atoms with van der Waals surface area (Å²) in [6.07, 6.45) is 2.66. The normalized spacial score (nSPS) is 11.8. The lowest BCUT2D eigenvalue weighted by atomic mass is 9.96. The maximum Gasteiger partial charge on any atom is 0.306 e. The highest BCUT2D eigenvalue weighted by Crippen LogP contribution is 2.52. The summed E-state index contributed by atoms with van der Waals surface area (Å²) in [6.45, 7) is 1.91. The van der Waals surface area contributed by atoms with Crippen molar-refractivity contribution in [1.29, 1.82) is 0 Å². The van der Waals surface area contributed by atoms with Gasteiger partial charge in [0.25, 0.3) is 0 Å². The number of hydrogen-bond donors (Lipinski definition) is 0. The second-order valence-electron chi connectivity index (χ2n) is 9.92. The van der Waals surface area contributed by atoms with E-state index in [9.17, 15) is 25.3 Å². The van der Waals surface area contributed by atoms with E-state index in [1.165, 1.54) is 31.4 Å². The van der Waals surface area contributed by atoms with Gasteiger partial charge in [-0.05, 0) is 53.9 Å². The molecule has 0 saturated carbocycles. The standard InChI is InChI=1S/C31H32O12S3/c1-6-39-30-25(22-12-15-24(16-13-22)41-44(3,32)33)19-28(38-2)29(31(30)43-46(5,36)37)23-14-17-26(27(18-23)42-45(4,34)35)40-20-21-10-8-7-9-11-21/h7-19H,6,20H2,1-5H3. The van der Waals surface area contributed by atoms with Crippen LogP contribution in [0.2, 0.25) is 0 Å². The molecule has 15 heteroatoms. The molecule has 46 heavy (non-hydrogen) atoms. The van der Waals surface area contributed by atoms with Crippen molar-refractivity contribution in [2.45, 2.75) is 13.5 Å². The average molecular weight is 693 g/mol. The van der Waals surface area contributed by atoms with Gasteiger partial charge in [-0.2, -0.15) is 25.3 Å². The van der Waals surface area contributed by atoms with Crippen LogP contribution < -0.4 is 26.8 Å². The van der Waals surface area contributed by atoms with Gasteiger partial charge in [-0.25, -0.2) is 0 Å². The number of rotatable bonds is 14. The molecule has 0 amide bonds. The van der Waals surface area contributed by atoms with E-state index in [0.717, 1.165) is 24.3 Å². The van der Waals surface area contributed by atoms with Gasteiger partial charge in [0.2, 0.25) is 0 Å². The molecule has 0 aromatic heterocycles. The summed E-state index contributed by atoms with van der Waals surface area (Å²) in [5.41, 5.74) is 2.03. The van der Waals surface area contributed by atoms with Crippen LogP contribution in [0.3, 0.4) is 0 Å². The van der Waals surface area contributed by atoms with Crippen LogP contribution in [-0.4, -0.2) is 57.7 Å². The van der Waals surface area contributed by atoms with Crippen LogP contribution in [0.15, 0.2) is 78.9 Å². The Balaban J connectivity index is 1.93. The number of methoxy groups -OCH3 is 1. The molecule has 0 fully saturated rings.